The molecule has 17 heavy (non-hydrogen) atoms. The number of carbonyl (C=O) groups excluding carboxylic acids is 1. The number of hydrogen-bond donors (Lipinski definition) is 2. The first kappa shape index (κ1) is 13.8. The SMILES string of the molecule is CN(C)CC1CCN(C(=O)NCC(=O)O)CC1. The molecule has 1 aliphatic heterocycles. The predicted molar refractivity (Wildman–Crippen MR) is 63.9 cm³/mol. The van der Waals surface area contributed by atoms with E-state index in [1.807, 2.05) is 14.1 Å². The molecule has 1 heterocycles. The van der Waals surface area contributed by atoms with Crippen LogP contribution in [0.25, 0.3) is 0 Å². The second kappa shape index (κ2) is 6.44. The highest BCUT2D eigenvalue weighted by Crippen LogP contribution is 2.17. The molecule has 0 aromatic rings. The molecule has 0 spiro atoms. The lowest BCUT2D eigenvalue weighted by Crippen LogP contribution is -2.46. The van der Waals surface area contributed by atoms with Crippen LogP contribution in [0.4, 0.5) is 4.79 Å². The largest absolute Gasteiger partial charge is 0.480 e. The van der Waals surface area contributed by atoms with Crippen LogP contribution < -0.4 is 5.32 Å². The van der Waals surface area contributed by atoms with Crippen LogP contribution in [0.1, 0.15) is 12.8 Å². The van der Waals surface area contributed by atoms with Crippen LogP contribution >= 0.6 is 0 Å². The molecule has 1 fully saturated rings. The summed E-state index contributed by atoms with van der Waals surface area (Å²) < 4.78 is 0. The van der Waals surface area contributed by atoms with Crippen LogP contribution in [0.15, 0.2) is 0 Å². The molecule has 98 valence electrons. The van der Waals surface area contributed by atoms with Gasteiger partial charge >= 0.3 is 12.0 Å². The zero-order valence-electron chi connectivity index (χ0n) is 10.5. The quantitative estimate of drug-likeness (QED) is 0.732. The van der Waals surface area contributed by atoms with E-state index in [4.69, 9.17) is 5.11 Å². The van der Waals surface area contributed by atoms with Gasteiger partial charge in [-0.15, -0.1) is 0 Å². The standard InChI is InChI=1S/C11H21N3O3/c1-13(2)8-9-3-5-14(6-4-9)11(17)12-7-10(15)16/h9H,3-8H2,1-2H3,(H,12,17)(H,15,16). The van der Waals surface area contributed by atoms with Crippen molar-refractivity contribution in [3.8, 4) is 0 Å². The van der Waals surface area contributed by atoms with E-state index < -0.39 is 5.97 Å². The first-order chi connectivity index (χ1) is 7.99. The summed E-state index contributed by atoms with van der Waals surface area (Å²) in [5.41, 5.74) is 0. The first-order valence-electron chi connectivity index (χ1n) is 5.88. The van der Waals surface area contributed by atoms with Gasteiger partial charge in [-0.1, -0.05) is 0 Å². The molecule has 1 aliphatic rings. The minimum atomic E-state index is -1.01. The maximum atomic E-state index is 11.6. The number of piperidine rings is 1. The average molecular weight is 243 g/mol. The number of aliphatic carboxylic acids is 1. The Labute approximate surface area is 102 Å². The van der Waals surface area contributed by atoms with Crippen molar-refractivity contribution in [2.75, 3.05) is 40.3 Å². The van der Waals surface area contributed by atoms with Gasteiger partial charge in [0.25, 0.3) is 0 Å². The van der Waals surface area contributed by atoms with Gasteiger partial charge in [0, 0.05) is 19.6 Å². The van der Waals surface area contributed by atoms with Crippen molar-refractivity contribution in [3.05, 3.63) is 0 Å². The van der Waals surface area contributed by atoms with Crippen molar-refractivity contribution in [2.45, 2.75) is 12.8 Å². The molecule has 2 amide bonds. The van der Waals surface area contributed by atoms with E-state index in [1.165, 1.54) is 0 Å². The topological polar surface area (TPSA) is 72.9 Å². The number of likely N-dealkylation sites (tertiary alicyclic amines) is 1. The van der Waals surface area contributed by atoms with Gasteiger partial charge in [-0.25, -0.2) is 4.79 Å². The van der Waals surface area contributed by atoms with Gasteiger partial charge in [0.1, 0.15) is 6.54 Å². The summed E-state index contributed by atoms with van der Waals surface area (Å²) in [4.78, 5) is 25.7. The number of carboxylic acids is 1. The summed E-state index contributed by atoms with van der Waals surface area (Å²) in [6.07, 6.45) is 1.97. The number of urea groups is 1. The number of amides is 2. The lowest BCUT2D eigenvalue weighted by atomic mass is 9.97. The highest BCUT2D eigenvalue weighted by Gasteiger charge is 2.23. The monoisotopic (exact) mass is 243 g/mol. The Hall–Kier alpha value is -1.30. The van der Waals surface area contributed by atoms with Crippen LogP contribution in [0, 0.1) is 5.92 Å². The smallest absolute Gasteiger partial charge is 0.323 e. The van der Waals surface area contributed by atoms with E-state index in [1.54, 1.807) is 4.90 Å². The number of carboxylic acid groups (broad SMARTS) is 1. The summed E-state index contributed by atoms with van der Waals surface area (Å²) in [5, 5.41) is 10.8. The van der Waals surface area contributed by atoms with E-state index in [9.17, 15) is 9.59 Å². The highest BCUT2D eigenvalue weighted by molar-refractivity contribution is 5.79. The van der Waals surface area contributed by atoms with Gasteiger partial charge in [-0.3, -0.25) is 4.79 Å². The number of hydrogen-bond acceptors (Lipinski definition) is 3. The summed E-state index contributed by atoms with van der Waals surface area (Å²) in [6, 6.07) is -0.268. The van der Waals surface area contributed by atoms with Gasteiger partial charge < -0.3 is 20.2 Å². The molecule has 0 aromatic heterocycles. The fourth-order valence-corrected chi connectivity index (χ4v) is 2.10. The highest BCUT2D eigenvalue weighted by atomic mass is 16.4. The molecule has 0 radical (unpaired) electrons. The van der Waals surface area contributed by atoms with Crippen LogP contribution in [0.2, 0.25) is 0 Å². The van der Waals surface area contributed by atoms with E-state index >= 15 is 0 Å². The van der Waals surface area contributed by atoms with Crippen molar-refractivity contribution < 1.29 is 14.7 Å². The predicted octanol–water partition coefficient (Wildman–Crippen LogP) is 0.0542. The molecule has 0 aliphatic carbocycles. The third kappa shape index (κ3) is 5.04. The zero-order chi connectivity index (χ0) is 12.8. The molecular weight excluding hydrogens is 222 g/mol. The van der Waals surface area contributed by atoms with Crippen molar-refractivity contribution in [3.63, 3.8) is 0 Å². The average Bonchev–Trinajstić information content (AvgIpc) is 2.26. The van der Waals surface area contributed by atoms with Crippen LogP contribution in [-0.4, -0.2) is 67.2 Å². The van der Waals surface area contributed by atoms with Gasteiger partial charge in [0.15, 0.2) is 0 Å². The van der Waals surface area contributed by atoms with Crippen LogP contribution in [0.3, 0.4) is 0 Å². The fourth-order valence-electron chi connectivity index (χ4n) is 2.10. The molecular formula is C11H21N3O3. The van der Waals surface area contributed by atoms with E-state index in [-0.39, 0.29) is 12.6 Å². The minimum absolute atomic E-state index is 0.268. The Morgan fingerprint density at radius 1 is 1.35 bits per heavy atom. The van der Waals surface area contributed by atoms with Crippen LogP contribution in [-0.2, 0) is 4.79 Å². The van der Waals surface area contributed by atoms with Crippen molar-refractivity contribution in [2.24, 2.45) is 5.92 Å². The fraction of sp³-hybridized carbons (Fsp3) is 0.818. The third-order valence-corrected chi connectivity index (χ3v) is 2.92. The number of carbonyl (C=O) groups is 2. The summed E-state index contributed by atoms with van der Waals surface area (Å²) in [7, 11) is 4.10. The maximum Gasteiger partial charge on any atom is 0.323 e. The number of rotatable bonds is 4. The molecule has 6 nitrogen and oxygen atoms in total. The van der Waals surface area contributed by atoms with E-state index in [0.29, 0.717) is 19.0 Å². The van der Waals surface area contributed by atoms with Gasteiger partial charge in [0.05, 0.1) is 0 Å². The van der Waals surface area contributed by atoms with Crippen molar-refractivity contribution in [1.82, 2.24) is 15.1 Å². The Bertz CT molecular complexity index is 273. The third-order valence-electron chi connectivity index (χ3n) is 2.92. The summed E-state index contributed by atoms with van der Waals surface area (Å²) in [6.45, 7) is 2.16. The van der Waals surface area contributed by atoms with Crippen molar-refractivity contribution in [1.29, 1.82) is 0 Å². The molecule has 6 heteroatoms. The normalized spacial score (nSPS) is 17.2. The molecule has 0 aromatic carbocycles. The van der Waals surface area contributed by atoms with Crippen molar-refractivity contribution >= 4 is 12.0 Å². The first-order valence-corrected chi connectivity index (χ1v) is 5.88. The number of nitrogens with one attached hydrogen (secondary N) is 1. The summed E-state index contributed by atoms with van der Waals surface area (Å²) in [5.74, 6) is -0.380. The Morgan fingerprint density at radius 3 is 2.41 bits per heavy atom. The Balaban J connectivity index is 2.26. The van der Waals surface area contributed by atoms with Crippen LogP contribution in [0.5, 0.6) is 0 Å². The molecule has 0 bridgehead atoms. The van der Waals surface area contributed by atoms with E-state index in [2.05, 4.69) is 10.2 Å². The molecule has 1 rings (SSSR count). The van der Waals surface area contributed by atoms with E-state index in [0.717, 1.165) is 19.4 Å². The zero-order valence-corrected chi connectivity index (χ0v) is 10.5. The second-order valence-electron chi connectivity index (χ2n) is 4.75. The Kier molecular flexibility index (Phi) is 5.21. The van der Waals surface area contributed by atoms with Gasteiger partial charge in [-0.2, -0.15) is 0 Å². The minimum Gasteiger partial charge on any atom is -0.480 e. The Morgan fingerprint density at radius 2 is 1.94 bits per heavy atom. The lowest BCUT2D eigenvalue weighted by molar-refractivity contribution is -0.135. The molecule has 2 N–H and O–H groups in total. The molecule has 1 saturated heterocycles. The molecule has 0 saturated carbocycles. The lowest BCUT2D eigenvalue weighted by Gasteiger charge is -2.33. The van der Waals surface area contributed by atoms with Gasteiger partial charge in [-0.05, 0) is 32.9 Å². The summed E-state index contributed by atoms with van der Waals surface area (Å²) >= 11 is 0. The maximum absolute atomic E-state index is 11.6. The molecule has 0 atom stereocenters. The molecule has 0 unspecified atom stereocenters. The number of nitrogens with zero attached hydrogens (tertiary/aromatic N) is 2. The second-order valence-corrected chi connectivity index (χ2v) is 4.75. The van der Waals surface area contributed by atoms with Gasteiger partial charge in [0.2, 0.25) is 0 Å².